The van der Waals surface area contributed by atoms with Crippen LogP contribution in [0.4, 0.5) is 0 Å². The molecule has 0 bridgehead atoms. The highest BCUT2D eigenvalue weighted by molar-refractivity contribution is 5.85. The van der Waals surface area contributed by atoms with Crippen molar-refractivity contribution in [3.8, 4) is 0 Å². The van der Waals surface area contributed by atoms with Gasteiger partial charge in [0.2, 0.25) is 5.91 Å². The molecule has 1 aromatic heterocycles. The molecular weight excluding hydrogens is 228 g/mol. The van der Waals surface area contributed by atoms with E-state index in [1.807, 2.05) is 35.0 Å². The van der Waals surface area contributed by atoms with Gasteiger partial charge in [-0.1, -0.05) is 12.1 Å². The van der Waals surface area contributed by atoms with E-state index in [0.29, 0.717) is 12.6 Å². The van der Waals surface area contributed by atoms with Crippen molar-refractivity contribution in [2.75, 3.05) is 0 Å². The number of carbonyl (C=O) groups is 1. The lowest BCUT2D eigenvalue weighted by Crippen LogP contribution is -2.28. The molecule has 2 N–H and O–H groups in total. The summed E-state index contributed by atoms with van der Waals surface area (Å²) in [6.07, 6.45) is 4.11. The summed E-state index contributed by atoms with van der Waals surface area (Å²) in [5.74, 6) is 0.0596. The number of fused-ring (bicyclic) bond motifs is 1. The molecular formula is C14H16N2O2. The van der Waals surface area contributed by atoms with Crippen LogP contribution in [0, 0.1) is 0 Å². The zero-order valence-electron chi connectivity index (χ0n) is 10.1. The molecule has 18 heavy (non-hydrogen) atoms. The standard InChI is InChI=1S/C14H16N2O2/c17-9-10-2-1-3-13-12(10)6-7-16(13)8-14(18)15-11-4-5-11/h1-3,6-7,11,17H,4-5,8-9H2,(H,15,18). The summed E-state index contributed by atoms with van der Waals surface area (Å²) in [6, 6.07) is 8.12. The smallest absolute Gasteiger partial charge is 0.240 e. The fourth-order valence-corrected chi connectivity index (χ4v) is 2.22. The van der Waals surface area contributed by atoms with E-state index in [1.165, 1.54) is 0 Å². The van der Waals surface area contributed by atoms with Gasteiger partial charge in [-0.15, -0.1) is 0 Å². The molecule has 1 saturated carbocycles. The lowest BCUT2D eigenvalue weighted by Gasteiger charge is -2.07. The Morgan fingerprint density at radius 2 is 2.22 bits per heavy atom. The third kappa shape index (κ3) is 2.11. The van der Waals surface area contributed by atoms with E-state index in [1.54, 1.807) is 0 Å². The Morgan fingerprint density at radius 1 is 1.39 bits per heavy atom. The van der Waals surface area contributed by atoms with Crippen LogP contribution in [0.15, 0.2) is 30.5 Å². The van der Waals surface area contributed by atoms with Gasteiger partial charge in [-0.3, -0.25) is 4.79 Å². The van der Waals surface area contributed by atoms with Gasteiger partial charge in [0.15, 0.2) is 0 Å². The maximum atomic E-state index is 11.8. The Labute approximate surface area is 105 Å². The number of amides is 1. The lowest BCUT2D eigenvalue weighted by atomic mass is 10.1. The summed E-state index contributed by atoms with van der Waals surface area (Å²) in [7, 11) is 0. The van der Waals surface area contributed by atoms with Crippen LogP contribution in [0.1, 0.15) is 18.4 Å². The van der Waals surface area contributed by atoms with Gasteiger partial charge in [0.05, 0.1) is 6.61 Å². The summed E-state index contributed by atoms with van der Waals surface area (Å²) >= 11 is 0. The fourth-order valence-electron chi connectivity index (χ4n) is 2.22. The van der Waals surface area contributed by atoms with Crippen molar-refractivity contribution in [3.63, 3.8) is 0 Å². The van der Waals surface area contributed by atoms with Crippen LogP contribution < -0.4 is 5.32 Å². The van der Waals surface area contributed by atoms with Crippen molar-refractivity contribution in [2.24, 2.45) is 0 Å². The molecule has 0 saturated heterocycles. The van der Waals surface area contributed by atoms with Gasteiger partial charge < -0.3 is 15.0 Å². The SMILES string of the molecule is O=C(Cn1ccc2c(CO)cccc21)NC1CC1. The lowest BCUT2D eigenvalue weighted by molar-refractivity contribution is -0.121. The Hall–Kier alpha value is -1.81. The molecule has 1 amide bonds. The number of nitrogens with zero attached hydrogens (tertiary/aromatic N) is 1. The van der Waals surface area contributed by atoms with Crippen molar-refractivity contribution < 1.29 is 9.90 Å². The van der Waals surface area contributed by atoms with Crippen LogP contribution in [0.3, 0.4) is 0 Å². The third-order valence-electron chi connectivity index (χ3n) is 3.33. The zero-order chi connectivity index (χ0) is 12.5. The van der Waals surface area contributed by atoms with Gasteiger partial charge in [0.1, 0.15) is 6.54 Å². The predicted octanol–water partition coefficient (Wildman–Crippen LogP) is 1.41. The van der Waals surface area contributed by atoms with Gasteiger partial charge in [-0.05, 0) is 30.5 Å². The van der Waals surface area contributed by atoms with Crippen LogP contribution in [0.2, 0.25) is 0 Å². The minimum Gasteiger partial charge on any atom is -0.392 e. The van der Waals surface area contributed by atoms with E-state index < -0.39 is 0 Å². The number of hydrogen-bond donors (Lipinski definition) is 2. The monoisotopic (exact) mass is 244 g/mol. The topological polar surface area (TPSA) is 54.3 Å². The van der Waals surface area contributed by atoms with Gasteiger partial charge >= 0.3 is 0 Å². The summed E-state index contributed by atoms with van der Waals surface area (Å²) in [5, 5.41) is 13.3. The average Bonchev–Trinajstić information content (AvgIpc) is 3.09. The minimum atomic E-state index is 0.0234. The van der Waals surface area contributed by atoms with E-state index in [9.17, 15) is 9.90 Å². The second kappa shape index (κ2) is 4.46. The molecule has 0 aliphatic heterocycles. The van der Waals surface area contributed by atoms with Crippen molar-refractivity contribution in [3.05, 3.63) is 36.0 Å². The predicted molar refractivity (Wildman–Crippen MR) is 69.0 cm³/mol. The summed E-state index contributed by atoms with van der Waals surface area (Å²) in [6.45, 7) is 0.366. The van der Waals surface area contributed by atoms with Crippen LogP contribution in [0.5, 0.6) is 0 Å². The molecule has 4 heteroatoms. The number of nitrogens with one attached hydrogen (secondary N) is 1. The molecule has 2 aromatic rings. The molecule has 1 aliphatic carbocycles. The first-order valence-electron chi connectivity index (χ1n) is 6.25. The molecule has 4 nitrogen and oxygen atoms in total. The molecule has 0 atom stereocenters. The Balaban J connectivity index is 1.85. The maximum absolute atomic E-state index is 11.8. The Kier molecular flexibility index (Phi) is 2.80. The molecule has 0 radical (unpaired) electrons. The fraction of sp³-hybridized carbons (Fsp3) is 0.357. The van der Waals surface area contributed by atoms with E-state index in [0.717, 1.165) is 29.3 Å². The number of aliphatic hydroxyl groups excluding tert-OH is 1. The molecule has 94 valence electrons. The highest BCUT2D eigenvalue weighted by Gasteiger charge is 2.23. The van der Waals surface area contributed by atoms with Crippen LogP contribution in [0.25, 0.3) is 10.9 Å². The van der Waals surface area contributed by atoms with Gasteiger partial charge in [0.25, 0.3) is 0 Å². The quantitative estimate of drug-likeness (QED) is 0.854. The van der Waals surface area contributed by atoms with Crippen molar-refractivity contribution in [1.29, 1.82) is 0 Å². The number of carbonyl (C=O) groups excluding carboxylic acids is 1. The number of benzene rings is 1. The minimum absolute atomic E-state index is 0.0234. The highest BCUT2D eigenvalue weighted by Crippen LogP contribution is 2.21. The van der Waals surface area contributed by atoms with Crippen molar-refractivity contribution in [2.45, 2.75) is 32.0 Å². The number of hydrogen-bond acceptors (Lipinski definition) is 2. The second-order valence-corrected chi connectivity index (χ2v) is 4.79. The first kappa shape index (κ1) is 11.3. The first-order chi connectivity index (χ1) is 8.78. The molecule has 1 fully saturated rings. The maximum Gasteiger partial charge on any atom is 0.240 e. The molecule has 0 unspecified atom stereocenters. The van der Waals surface area contributed by atoms with Gasteiger partial charge in [0, 0.05) is 23.1 Å². The molecule has 1 aliphatic rings. The summed E-state index contributed by atoms with van der Waals surface area (Å²) in [5.41, 5.74) is 1.89. The van der Waals surface area contributed by atoms with E-state index in [4.69, 9.17) is 0 Å². The summed E-state index contributed by atoms with van der Waals surface area (Å²) in [4.78, 5) is 11.8. The second-order valence-electron chi connectivity index (χ2n) is 4.79. The van der Waals surface area contributed by atoms with Gasteiger partial charge in [-0.2, -0.15) is 0 Å². The first-order valence-corrected chi connectivity index (χ1v) is 6.25. The highest BCUT2D eigenvalue weighted by atomic mass is 16.3. The Bertz CT molecular complexity index is 584. The largest absolute Gasteiger partial charge is 0.392 e. The van der Waals surface area contributed by atoms with Crippen molar-refractivity contribution in [1.82, 2.24) is 9.88 Å². The third-order valence-corrected chi connectivity index (χ3v) is 3.33. The summed E-state index contributed by atoms with van der Waals surface area (Å²) < 4.78 is 1.92. The van der Waals surface area contributed by atoms with Crippen LogP contribution >= 0.6 is 0 Å². The Morgan fingerprint density at radius 3 is 2.94 bits per heavy atom. The number of aromatic nitrogens is 1. The normalized spacial score (nSPS) is 14.9. The molecule has 0 spiro atoms. The molecule has 3 rings (SSSR count). The molecule has 1 heterocycles. The van der Waals surface area contributed by atoms with Gasteiger partial charge in [-0.25, -0.2) is 0 Å². The number of rotatable bonds is 4. The zero-order valence-corrected chi connectivity index (χ0v) is 10.1. The van der Waals surface area contributed by atoms with Crippen LogP contribution in [-0.4, -0.2) is 21.6 Å². The van der Waals surface area contributed by atoms with Crippen molar-refractivity contribution >= 4 is 16.8 Å². The van der Waals surface area contributed by atoms with Crippen LogP contribution in [-0.2, 0) is 17.9 Å². The van der Waals surface area contributed by atoms with E-state index >= 15 is 0 Å². The van der Waals surface area contributed by atoms with E-state index in [-0.39, 0.29) is 12.5 Å². The van der Waals surface area contributed by atoms with E-state index in [2.05, 4.69) is 5.32 Å². The molecule has 1 aromatic carbocycles. The number of aliphatic hydroxyl groups is 1. The average molecular weight is 244 g/mol.